The number of aliphatic hydroxyl groups excluding tert-OH is 1. The average Bonchev–Trinajstić information content (AvgIpc) is 3.21. The monoisotopic (exact) mass is 856 g/mol. The van der Waals surface area contributed by atoms with Crippen molar-refractivity contribution in [2.75, 3.05) is 6.61 Å². The summed E-state index contributed by atoms with van der Waals surface area (Å²) in [7, 11) is -4.72. The second-order valence-electron chi connectivity index (χ2n) is 18.2. The fourth-order valence-corrected chi connectivity index (χ4v) is 8.64. The Morgan fingerprint density at radius 2 is 0.746 bits per heavy atom. The molecule has 352 valence electrons. The molecule has 59 heavy (non-hydrogen) atoms. The number of nitrogens with one attached hydrogen (secondary N) is 1. The van der Waals surface area contributed by atoms with Crippen molar-refractivity contribution >= 4 is 13.7 Å². The number of aliphatic hydroxyl groups is 1. The molecular weight excluding hydrogens is 754 g/mol. The third-order valence-electron chi connectivity index (χ3n) is 12.2. The standard InChI is InChI=1S/C51H102NO6P/c1-3-5-7-9-11-13-15-17-19-21-22-23-24-25-26-27-28-29-31-33-35-37-39-41-43-45-47-51(54)52-49(48-58-59(55,56)57)50(53)46-44-42-40-38-36-34-32-30-20-18-16-14-12-10-8-6-4-2/h44,46,49-50,53H,3-43,45,47-48H2,1-2H3,(H,52,54)(H2,55,56,57)/b46-44+/t49-,50+/m0/s1. The van der Waals surface area contributed by atoms with Crippen LogP contribution in [0.1, 0.15) is 290 Å². The van der Waals surface area contributed by atoms with Crippen LogP contribution >= 0.6 is 7.82 Å². The third kappa shape index (κ3) is 48.2. The van der Waals surface area contributed by atoms with Crippen molar-refractivity contribution < 1.29 is 28.8 Å². The third-order valence-corrected chi connectivity index (χ3v) is 12.7. The van der Waals surface area contributed by atoms with Crippen molar-refractivity contribution in [3.05, 3.63) is 12.2 Å². The molecule has 0 aromatic carbocycles. The highest BCUT2D eigenvalue weighted by Crippen LogP contribution is 2.36. The Balaban J connectivity index is 3.77. The van der Waals surface area contributed by atoms with E-state index in [1.165, 1.54) is 231 Å². The van der Waals surface area contributed by atoms with Gasteiger partial charge in [-0.05, 0) is 19.3 Å². The topological polar surface area (TPSA) is 116 Å². The molecule has 0 aliphatic rings. The fraction of sp³-hybridized carbons (Fsp3) is 0.941. The smallest absolute Gasteiger partial charge is 0.387 e. The van der Waals surface area contributed by atoms with Gasteiger partial charge in [0.2, 0.25) is 5.91 Å². The first-order valence-corrected chi connectivity index (χ1v) is 27.7. The van der Waals surface area contributed by atoms with Crippen LogP contribution < -0.4 is 5.32 Å². The molecule has 1 amide bonds. The van der Waals surface area contributed by atoms with Crippen LogP contribution in [-0.4, -0.2) is 39.6 Å². The van der Waals surface area contributed by atoms with E-state index >= 15 is 0 Å². The van der Waals surface area contributed by atoms with Crippen LogP contribution in [0.5, 0.6) is 0 Å². The number of rotatable bonds is 49. The first-order chi connectivity index (χ1) is 28.8. The normalized spacial score (nSPS) is 13.1. The molecule has 0 spiro atoms. The van der Waals surface area contributed by atoms with Crippen molar-refractivity contribution in [3.63, 3.8) is 0 Å². The lowest BCUT2D eigenvalue weighted by molar-refractivity contribution is -0.123. The van der Waals surface area contributed by atoms with Crippen LogP contribution in [0.4, 0.5) is 0 Å². The van der Waals surface area contributed by atoms with Gasteiger partial charge < -0.3 is 20.2 Å². The largest absolute Gasteiger partial charge is 0.469 e. The lowest BCUT2D eigenvalue weighted by Gasteiger charge is -2.22. The maximum Gasteiger partial charge on any atom is 0.469 e. The first kappa shape index (κ1) is 58.3. The van der Waals surface area contributed by atoms with Crippen LogP contribution in [0.3, 0.4) is 0 Å². The number of unbranched alkanes of at least 4 members (excludes halogenated alkanes) is 40. The summed E-state index contributed by atoms with van der Waals surface area (Å²) in [5.74, 6) is -0.219. The van der Waals surface area contributed by atoms with Crippen molar-refractivity contribution in [3.8, 4) is 0 Å². The molecule has 0 rings (SSSR count). The molecule has 0 bridgehead atoms. The summed E-state index contributed by atoms with van der Waals surface area (Å²) in [6, 6.07) is -0.906. The molecule has 0 aliphatic carbocycles. The van der Waals surface area contributed by atoms with Crippen LogP contribution in [-0.2, 0) is 13.9 Å². The van der Waals surface area contributed by atoms with Gasteiger partial charge >= 0.3 is 7.82 Å². The minimum absolute atomic E-state index is 0.219. The zero-order chi connectivity index (χ0) is 43.2. The highest BCUT2D eigenvalue weighted by Gasteiger charge is 2.24. The Kier molecular flexibility index (Phi) is 46.2. The van der Waals surface area contributed by atoms with E-state index in [0.29, 0.717) is 6.42 Å². The number of carbonyl (C=O) groups excluding carboxylic acids is 1. The number of hydrogen-bond acceptors (Lipinski definition) is 4. The van der Waals surface area contributed by atoms with Crippen LogP contribution in [0.15, 0.2) is 12.2 Å². The zero-order valence-electron chi connectivity index (χ0n) is 39.4. The minimum atomic E-state index is -4.72. The molecule has 8 heteroatoms. The molecule has 0 radical (unpaired) electrons. The summed E-state index contributed by atoms with van der Waals surface area (Å²) in [4.78, 5) is 31.1. The Hall–Kier alpha value is -0.720. The Bertz CT molecular complexity index is 926. The molecule has 0 aromatic rings. The van der Waals surface area contributed by atoms with E-state index in [1.54, 1.807) is 6.08 Å². The number of amides is 1. The van der Waals surface area contributed by atoms with Gasteiger partial charge in [-0.25, -0.2) is 4.57 Å². The van der Waals surface area contributed by atoms with E-state index in [2.05, 4.69) is 23.7 Å². The highest BCUT2D eigenvalue weighted by atomic mass is 31.2. The second-order valence-corrected chi connectivity index (χ2v) is 19.4. The molecule has 0 saturated heterocycles. The lowest BCUT2D eigenvalue weighted by Crippen LogP contribution is -2.45. The molecule has 4 N–H and O–H groups in total. The number of carbonyl (C=O) groups is 1. The molecule has 0 heterocycles. The van der Waals surface area contributed by atoms with Crippen LogP contribution in [0.2, 0.25) is 0 Å². The minimum Gasteiger partial charge on any atom is -0.387 e. The van der Waals surface area contributed by atoms with Crippen molar-refractivity contribution in [2.24, 2.45) is 0 Å². The summed E-state index contributed by atoms with van der Waals surface area (Å²) in [6.45, 7) is 4.12. The van der Waals surface area contributed by atoms with E-state index in [0.717, 1.165) is 38.5 Å². The van der Waals surface area contributed by atoms with Crippen molar-refractivity contribution in [1.82, 2.24) is 5.32 Å². The predicted molar refractivity (Wildman–Crippen MR) is 255 cm³/mol. The van der Waals surface area contributed by atoms with E-state index < -0.39 is 26.6 Å². The Morgan fingerprint density at radius 3 is 1.03 bits per heavy atom. The quantitative estimate of drug-likeness (QED) is 0.0275. The molecular formula is C51H102NO6P. The Morgan fingerprint density at radius 1 is 0.475 bits per heavy atom. The molecule has 2 atom stereocenters. The van der Waals surface area contributed by atoms with Crippen LogP contribution in [0.25, 0.3) is 0 Å². The van der Waals surface area contributed by atoms with E-state index in [4.69, 9.17) is 0 Å². The number of phosphoric acid groups is 1. The van der Waals surface area contributed by atoms with Gasteiger partial charge in [0.15, 0.2) is 0 Å². The van der Waals surface area contributed by atoms with Gasteiger partial charge in [-0.2, -0.15) is 0 Å². The summed E-state index contributed by atoms with van der Waals surface area (Å²) in [5, 5.41) is 13.5. The summed E-state index contributed by atoms with van der Waals surface area (Å²) in [5.41, 5.74) is 0. The van der Waals surface area contributed by atoms with Gasteiger partial charge in [0, 0.05) is 6.42 Å². The van der Waals surface area contributed by atoms with Gasteiger partial charge in [0.1, 0.15) is 0 Å². The zero-order valence-corrected chi connectivity index (χ0v) is 40.3. The second kappa shape index (κ2) is 46.8. The summed E-state index contributed by atoms with van der Waals surface area (Å²) < 4.78 is 16.0. The van der Waals surface area contributed by atoms with Crippen LogP contribution in [0, 0.1) is 0 Å². The number of phosphoric ester groups is 1. The van der Waals surface area contributed by atoms with Gasteiger partial charge in [-0.15, -0.1) is 0 Å². The maximum atomic E-state index is 12.7. The molecule has 0 fully saturated rings. The molecule has 0 unspecified atom stereocenters. The fourth-order valence-electron chi connectivity index (χ4n) is 8.29. The molecule has 0 saturated carbocycles. The number of hydrogen-bond donors (Lipinski definition) is 4. The first-order valence-electron chi connectivity index (χ1n) is 26.1. The molecule has 0 aromatic heterocycles. The van der Waals surface area contributed by atoms with Crippen molar-refractivity contribution in [2.45, 2.75) is 302 Å². The molecule has 7 nitrogen and oxygen atoms in total. The highest BCUT2D eigenvalue weighted by molar-refractivity contribution is 7.46. The van der Waals surface area contributed by atoms with E-state index in [1.807, 2.05) is 6.08 Å². The molecule has 0 aliphatic heterocycles. The average molecular weight is 856 g/mol. The SMILES string of the molecule is CCCCCCCCCCCCCCCCC/C=C/[C@@H](O)[C@H](COP(=O)(O)O)NC(=O)CCCCCCCCCCCCCCCCCCCCCCCCCCCC. The van der Waals surface area contributed by atoms with E-state index in [9.17, 15) is 24.3 Å². The lowest BCUT2D eigenvalue weighted by atomic mass is 10.0. The predicted octanol–water partition coefficient (Wildman–Crippen LogP) is 16.3. The summed E-state index contributed by atoms with van der Waals surface area (Å²) >= 11 is 0. The summed E-state index contributed by atoms with van der Waals surface area (Å²) in [6.07, 6.45) is 58.3. The maximum absolute atomic E-state index is 12.7. The van der Waals surface area contributed by atoms with E-state index in [-0.39, 0.29) is 5.91 Å². The van der Waals surface area contributed by atoms with Crippen molar-refractivity contribution in [1.29, 1.82) is 0 Å². The number of allylic oxidation sites excluding steroid dienone is 1. The van der Waals surface area contributed by atoms with Gasteiger partial charge in [0.05, 0.1) is 18.8 Å². The Labute approximate surface area is 367 Å². The van der Waals surface area contributed by atoms with Gasteiger partial charge in [0.25, 0.3) is 0 Å². The van der Waals surface area contributed by atoms with Gasteiger partial charge in [-0.3, -0.25) is 9.32 Å². The van der Waals surface area contributed by atoms with Gasteiger partial charge in [-0.1, -0.05) is 276 Å².